The van der Waals surface area contributed by atoms with Crippen LogP contribution in [-0.4, -0.2) is 47.7 Å². The number of sulfone groups is 1. The Hall–Kier alpha value is -2.35. The van der Waals surface area contributed by atoms with Crippen LogP contribution >= 0.6 is 0 Å². The van der Waals surface area contributed by atoms with Crippen LogP contribution in [0.15, 0.2) is 30.6 Å². The molecule has 1 aliphatic heterocycles. The Morgan fingerprint density at radius 3 is 2.79 bits per heavy atom. The van der Waals surface area contributed by atoms with Crippen molar-refractivity contribution < 1.29 is 23.1 Å². The molecule has 1 saturated heterocycles. The average Bonchev–Trinajstić information content (AvgIpc) is 3.13. The van der Waals surface area contributed by atoms with E-state index in [9.17, 15) is 18.3 Å². The number of ketones is 1. The zero-order chi connectivity index (χ0) is 17.5. The van der Waals surface area contributed by atoms with Crippen LogP contribution < -0.4 is 4.74 Å². The number of phenolic OH excluding ortho intramolecular Hbond substituents is 1. The van der Waals surface area contributed by atoms with Crippen molar-refractivity contribution in [2.45, 2.75) is 18.9 Å². The van der Waals surface area contributed by atoms with Crippen LogP contribution in [-0.2, 0) is 15.4 Å². The summed E-state index contributed by atoms with van der Waals surface area (Å²) in [5.41, 5.74) is -0.268. The highest BCUT2D eigenvalue weighted by Gasteiger charge is 2.40. The Morgan fingerprint density at radius 1 is 1.42 bits per heavy atom. The minimum Gasteiger partial charge on any atom is -0.507 e. The molecule has 1 atom stereocenters. The van der Waals surface area contributed by atoms with Gasteiger partial charge < -0.3 is 9.84 Å². The minimum absolute atomic E-state index is 0.000277. The largest absolute Gasteiger partial charge is 0.507 e. The highest BCUT2D eigenvalue weighted by Crippen LogP contribution is 2.31. The van der Waals surface area contributed by atoms with Crippen molar-refractivity contribution in [3.63, 3.8) is 0 Å². The summed E-state index contributed by atoms with van der Waals surface area (Å²) in [5, 5.41) is 14.1. The number of rotatable bonds is 4. The third-order valence-corrected chi connectivity index (χ3v) is 6.22. The number of ether oxygens (including phenoxy) is 1. The van der Waals surface area contributed by atoms with Gasteiger partial charge in [-0.1, -0.05) is 0 Å². The Labute approximate surface area is 139 Å². The number of carbonyl (C=O) groups is 1. The summed E-state index contributed by atoms with van der Waals surface area (Å²) in [5.74, 6) is 0.0194. The quantitative estimate of drug-likeness (QED) is 0.836. The summed E-state index contributed by atoms with van der Waals surface area (Å²) in [6.45, 7) is 1.81. The Morgan fingerprint density at radius 2 is 2.17 bits per heavy atom. The molecule has 7 nitrogen and oxygen atoms in total. The summed E-state index contributed by atoms with van der Waals surface area (Å²) in [6.07, 6.45) is 3.37. The third kappa shape index (κ3) is 2.89. The molecule has 2 heterocycles. The number of phenols is 1. The van der Waals surface area contributed by atoms with E-state index >= 15 is 0 Å². The van der Waals surface area contributed by atoms with Gasteiger partial charge in [0.2, 0.25) is 0 Å². The molecule has 2 aromatic rings. The van der Waals surface area contributed by atoms with Gasteiger partial charge in [0.25, 0.3) is 0 Å². The molecule has 1 aliphatic rings. The second-order valence-electron chi connectivity index (χ2n) is 6.22. The number of carbonyl (C=O) groups excluding carboxylic acids is 1. The SMILES string of the molecule is COc1ccc(O)c(C(=O)c2cnn(C3(C)CCS(=O)(=O)C3)c2)c1. The van der Waals surface area contributed by atoms with Crippen molar-refractivity contribution in [2.75, 3.05) is 18.6 Å². The highest BCUT2D eigenvalue weighted by molar-refractivity contribution is 7.91. The van der Waals surface area contributed by atoms with E-state index in [1.807, 2.05) is 6.92 Å². The molecular formula is C16H18N2O5S. The first-order valence-electron chi connectivity index (χ1n) is 7.41. The zero-order valence-corrected chi connectivity index (χ0v) is 14.2. The smallest absolute Gasteiger partial charge is 0.200 e. The van der Waals surface area contributed by atoms with Gasteiger partial charge in [0.05, 0.1) is 41.5 Å². The molecule has 1 unspecified atom stereocenters. The molecule has 1 aromatic carbocycles. The molecular weight excluding hydrogens is 332 g/mol. The maximum atomic E-state index is 12.6. The van der Waals surface area contributed by atoms with Crippen LogP contribution in [0.5, 0.6) is 11.5 Å². The fourth-order valence-electron chi connectivity index (χ4n) is 2.89. The monoisotopic (exact) mass is 350 g/mol. The van der Waals surface area contributed by atoms with Gasteiger partial charge in [-0.15, -0.1) is 0 Å². The molecule has 0 amide bonds. The van der Waals surface area contributed by atoms with E-state index in [1.165, 1.54) is 36.3 Å². The number of benzene rings is 1. The molecule has 0 aliphatic carbocycles. The molecule has 0 radical (unpaired) electrons. The lowest BCUT2D eigenvalue weighted by Gasteiger charge is -2.22. The standard InChI is InChI=1S/C16H18N2O5S/c1-16(5-6-24(21,22)10-16)18-9-11(8-17-18)15(20)13-7-12(23-2)3-4-14(13)19/h3-4,7-9,19H,5-6,10H2,1-2H3. The first-order valence-corrected chi connectivity index (χ1v) is 9.23. The lowest BCUT2D eigenvalue weighted by molar-refractivity contribution is 0.103. The van der Waals surface area contributed by atoms with Crippen molar-refractivity contribution in [1.29, 1.82) is 0 Å². The normalized spacial score (nSPS) is 22.4. The molecule has 1 aromatic heterocycles. The number of hydrogen-bond acceptors (Lipinski definition) is 6. The maximum absolute atomic E-state index is 12.6. The van der Waals surface area contributed by atoms with Crippen molar-refractivity contribution in [2.24, 2.45) is 0 Å². The van der Waals surface area contributed by atoms with Crippen LogP contribution in [0.2, 0.25) is 0 Å². The molecule has 24 heavy (non-hydrogen) atoms. The summed E-state index contributed by atoms with van der Waals surface area (Å²) in [4.78, 5) is 12.6. The van der Waals surface area contributed by atoms with E-state index in [-0.39, 0.29) is 28.4 Å². The maximum Gasteiger partial charge on any atom is 0.200 e. The highest BCUT2D eigenvalue weighted by atomic mass is 32.2. The summed E-state index contributed by atoms with van der Waals surface area (Å²) in [7, 11) is -1.61. The van der Waals surface area contributed by atoms with Crippen LogP contribution in [0.1, 0.15) is 29.3 Å². The molecule has 0 bridgehead atoms. The number of aromatic hydroxyl groups is 1. The van der Waals surface area contributed by atoms with E-state index in [0.29, 0.717) is 12.2 Å². The average molecular weight is 350 g/mol. The lowest BCUT2D eigenvalue weighted by Crippen LogP contribution is -2.31. The third-order valence-electron chi connectivity index (χ3n) is 4.33. The lowest BCUT2D eigenvalue weighted by atomic mass is 10.0. The summed E-state index contributed by atoms with van der Waals surface area (Å²) in [6, 6.07) is 4.40. The van der Waals surface area contributed by atoms with Crippen molar-refractivity contribution in [3.05, 3.63) is 41.7 Å². The fourth-order valence-corrected chi connectivity index (χ4v) is 5.01. The Kier molecular flexibility index (Phi) is 3.87. The summed E-state index contributed by atoms with van der Waals surface area (Å²) >= 11 is 0. The van der Waals surface area contributed by atoms with Crippen molar-refractivity contribution in [1.82, 2.24) is 9.78 Å². The second-order valence-corrected chi connectivity index (χ2v) is 8.41. The van der Waals surface area contributed by atoms with Crippen LogP contribution in [0.4, 0.5) is 0 Å². The van der Waals surface area contributed by atoms with Gasteiger partial charge in [0.1, 0.15) is 11.5 Å². The van der Waals surface area contributed by atoms with Crippen molar-refractivity contribution >= 4 is 15.6 Å². The van der Waals surface area contributed by atoms with Crippen LogP contribution in [0.3, 0.4) is 0 Å². The fraction of sp³-hybridized carbons (Fsp3) is 0.375. The van der Waals surface area contributed by atoms with Gasteiger partial charge in [0, 0.05) is 6.20 Å². The predicted molar refractivity (Wildman–Crippen MR) is 87.2 cm³/mol. The second kappa shape index (κ2) is 5.62. The van der Waals surface area contributed by atoms with Gasteiger partial charge >= 0.3 is 0 Å². The van der Waals surface area contributed by atoms with E-state index in [0.717, 1.165) is 0 Å². The number of aromatic nitrogens is 2. The summed E-state index contributed by atoms with van der Waals surface area (Å²) < 4.78 is 30.1. The zero-order valence-electron chi connectivity index (χ0n) is 13.4. The molecule has 3 rings (SSSR count). The van der Waals surface area contributed by atoms with E-state index in [1.54, 1.807) is 6.07 Å². The van der Waals surface area contributed by atoms with E-state index in [2.05, 4.69) is 5.10 Å². The molecule has 1 fully saturated rings. The first-order chi connectivity index (χ1) is 11.2. The van der Waals surface area contributed by atoms with Gasteiger partial charge in [-0.2, -0.15) is 5.10 Å². The first kappa shape index (κ1) is 16.5. The molecule has 128 valence electrons. The van der Waals surface area contributed by atoms with Crippen molar-refractivity contribution in [3.8, 4) is 11.5 Å². The van der Waals surface area contributed by atoms with Gasteiger partial charge in [-0.25, -0.2) is 8.42 Å². The van der Waals surface area contributed by atoms with Gasteiger partial charge in [-0.3, -0.25) is 9.48 Å². The van der Waals surface area contributed by atoms with Crippen LogP contribution in [0, 0.1) is 0 Å². The Balaban J connectivity index is 1.93. The van der Waals surface area contributed by atoms with E-state index < -0.39 is 21.2 Å². The minimum atomic E-state index is -3.08. The van der Waals surface area contributed by atoms with Gasteiger partial charge in [-0.05, 0) is 31.5 Å². The molecule has 0 saturated carbocycles. The Bertz CT molecular complexity index is 903. The number of hydrogen-bond donors (Lipinski definition) is 1. The van der Waals surface area contributed by atoms with Crippen LogP contribution in [0.25, 0.3) is 0 Å². The number of nitrogens with zero attached hydrogens (tertiary/aromatic N) is 2. The molecule has 1 N–H and O–H groups in total. The van der Waals surface area contributed by atoms with E-state index in [4.69, 9.17) is 4.74 Å². The van der Waals surface area contributed by atoms with Gasteiger partial charge in [0.15, 0.2) is 15.6 Å². The number of methoxy groups -OCH3 is 1. The molecule has 8 heteroatoms. The molecule has 0 spiro atoms. The predicted octanol–water partition coefficient (Wildman–Crippen LogP) is 1.36. The topological polar surface area (TPSA) is 98.5 Å².